The van der Waals surface area contributed by atoms with Crippen LogP contribution in [0.15, 0.2) is 91.0 Å². The summed E-state index contributed by atoms with van der Waals surface area (Å²) in [6.45, 7) is 10.1. The summed E-state index contributed by atoms with van der Waals surface area (Å²) in [5.41, 5.74) is 2.18. The van der Waals surface area contributed by atoms with E-state index in [1.165, 1.54) is 19.3 Å². The van der Waals surface area contributed by atoms with E-state index in [9.17, 15) is 14.4 Å². The van der Waals surface area contributed by atoms with E-state index in [1.54, 1.807) is 12.1 Å². The van der Waals surface area contributed by atoms with Gasteiger partial charge >= 0.3 is 17.9 Å². The molecule has 0 aliphatic heterocycles. The summed E-state index contributed by atoms with van der Waals surface area (Å²) in [6, 6.07) is 28.1. The maximum absolute atomic E-state index is 13.6. The van der Waals surface area contributed by atoms with Gasteiger partial charge in [-0.2, -0.15) is 0 Å². The van der Waals surface area contributed by atoms with Crippen LogP contribution in [0.5, 0.6) is 0 Å². The van der Waals surface area contributed by atoms with E-state index in [1.807, 2.05) is 78.9 Å². The van der Waals surface area contributed by atoms with Crippen molar-refractivity contribution >= 4 is 17.9 Å². The molecule has 54 heavy (non-hydrogen) atoms. The Labute approximate surface area is 322 Å². The molecule has 11 atom stereocenters. The van der Waals surface area contributed by atoms with Crippen LogP contribution in [-0.4, -0.2) is 36.7 Å². The molecule has 4 fully saturated rings. The van der Waals surface area contributed by atoms with E-state index in [0.29, 0.717) is 58.8 Å². The fraction of sp³-hybridized carbons (Fsp3) is 0.562. The largest absolute Gasteiger partial charge is 0.462 e. The Balaban J connectivity index is 1.02. The molecule has 288 valence electrons. The Morgan fingerprint density at radius 1 is 0.648 bits per heavy atom. The lowest BCUT2D eigenvalue weighted by Crippen LogP contribution is -2.54. The fourth-order valence-electron chi connectivity index (χ4n) is 12.0. The summed E-state index contributed by atoms with van der Waals surface area (Å²) in [5.74, 6) is 2.61. The van der Waals surface area contributed by atoms with E-state index >= 15 is 0 Å². The van der Waals surface area contributed by atoms with Crippen LogP contribution in [0.2, 0.25) is 0 Å². The van der Waals surface area contributed by atoms with Crippen LogP contribution in [0.4, 0.5) is 0 Å². The highest BCUT2D eigenvalue weighted by molar-refractivity contribution is 5.90. The van der Waals surface area contributed by atoms with E-state index < -0.39 is 0 Å². The minimum atomic E-state index is -0.262. The van der Waals surface area contributed by atoms with Crippen molar-refractivity contribution in [3.8, 4) is 0 Å². The molecule has 0 heterocycles. The minimum Gasteiger partial charge on any atom is -0.462 e. The molecule has 7 rings (SSSR count). The molecule has 4 saturated carbocycles. The van der Waals surface area contributed by atoms with Crippen molar-refractivity contribution in [2.75, 3.05) is 6.61 Å². The third-order valence-electron chi connectivity index (χ3n) is 14.7. The van der Waals surface area contributed by atoms with Crippen molar-refractivity contribution in [1.82, 2.24) is 0 Å². The molecule has 3 aromatic carbocycles. The highest BCUT2D eigenvalue weighted by Gasteiger charge is 2.63. The average molecular weight is 733 g/mol. The lowest BCUT2D eigenvalue weighted by molar-refractivity contribution is -0.131. The number of carbonyl (C=O) groups is 3. The lowest BCUT2D eigenvalue weighted by atomic mass is 9.44. The molecular weight excluding hydrogens is 673 g/mol. The van der Waals surface area contributed by atoms with Gasteiger partial charge in [-0.25, -0.2) is 14.4 Å². The standard InChI is InChI=1S/C48H60O6/c1-32(31-52-44(49)34-17-8-5-9-18-34)15-14-16-33(2)43-42(54-46(51)36-21-12-7-13-22-36)30-41-39-24-23-37-29-38(53-45(50)35-19-10-6-11-20-35)25-27-47(37,3)40(39)26-28-48(41,43)4/h5-13,17-22,32-33,37-43H,14-16,23-31H2,1-4H3. The second-order valence-electron chi connectivity index (χ2n) is 17.9. The van der Waals surface area contributed by atoms with Gasteiger partial charge < -0.3 is 14.2 Å². The Kier molecular flexibility index (Phi) is 11.7. The third-order valence-corrected chi connectivity index (χ3v) is 14.7. The summed E-state index contributed by atoms with van der Waals surface area (Å²) >= 11 is 0. The van der Waals surface area contributed by atoms with Gasteiger partial charge in [0.2, 0.25) is 0 Å². The zero-order chi connectivity index (χ0) is 37.9. The van der Waals surface area contributed by atoms with Crippen LogP contribution in [0.3, 0.4) is 0 Å². The fourth-order valence-corrected chi connectivity index (χ4v) is 12.0. The Hall–Kier alpha value is -3.93. The van der Waals surface area contributed by atoms with Crippen molar-refractivity contribution in [1.29, 1.82) is 0 Å². The maximum atomic E-state index is 13.6. The van der Waals surface area contributed by atoms with Gasteiger partial charge in [-0.05, 0) is 141 Å². The average Bonchev–Trinajstić information content (AvgIpc) is 3.49. The second-order valence-corrected chi connectivity index (χ2v) is 17.9. The number of carbonyl (C=O) groups excluding carboxylic acids is 3. The number of esters is 3. The maximum Gasteiger partial charge on any atom is 0.338 e. The van der Waals surface area contributed by atoms with Gasteiger partial charge in [-0.15, -0.1) is 0 Å². The number of benzene rings is 3. The number of ether oxygens (including phenoxy) is 3. The van der Waals surface area contributed by atoms with Crippen LogP contribution in [0, 0.1) is 52.3 Å². The van der Waals surface area contributed by atoms with Gasteiger partial charge in [-0.1, -0.05) is 95.1 Å². The highest BCUT2D eigenvalue weighted by Crippen LogP contribution is 2.69. The van der Waals surface area contributed by atoms with Crippen LogP contribution in [0.25, 0.3) is 0 Å². The summed E-state index contributed by atoms with van der Waals surface area (Å²) in [5, 5.41) is 0. The molecule has 6 nitrogen and oxygen atoms in total. The molecule has 0 aromatic heterocycles. The zero-order valence-corrected chi connectivity index (χ0v) is 32.8. The van der Waals surface area contributed by atoms with Crippen molar-refractivity contribution in [2.45, 2.75) is 111 Å². The molecule has 11 unspecified atom stereocenters. The quantitative estimate of drug-likeness (QED) is 0.136. The van der Waals surface area contributed by atoms with Crippen LogP contribution >= 0.6 is 0 Å². The van der Waals surface area contributed by atoms with Gasteiger partial charge in [0, 0.05) is 5.92 Å². The van der Waals surface area contributed by atoms with E-state index in [0.717, 1.165) is 51.4 Å². The monoisotopic (exact) mass is 732 g/mol. The van der Waals surface area contributed by atoms with Crippen LogP contribution in [-0.2, 0) is 14.2 Å². The van der Waals surface area contributed by atoms with Crippen molar-refractivity contribution < 1.29 is 28.6 Å². The number of hydrogen-bond donors (Lipinski definition) is 0. The molecule has 4 aliphatic rings. The Morgan fingerprint density at radius 2 is 1.22 bits per heavy atom. The summed E-state index contributed by atoms with van der Waals surface area (Å²) in [6.07, 6.45) is 11.6. The van der Waals surface area contributed by atoms with E-state index in [2.05, 4.69) is 27.7 Å². The molecule has 0 radical (unpaired) electrons. The second kappa shape index (κ2) is 16.4. The number of hydrogen-bond acceptors (Lipinski definition) is 6. The van der Waals surface area contributed by atoms with E-state index in [-0.39, 0.29) is 46.9 Å². The van der Waals surface area contributed by atoms with Gasteiger partial charge in [-0.3, -0.25) is 0 Å². The predicted octanol–water partition coefficient (Wildman–Crippen LogP) is 11.0. The van der Waals surface area contributed by atoms with Gasteiger partial charge in [0.05, 0.1) is 23.3 Å². The van der Waals surface area contributed by atoms with Gasteiger partial charge in [0.15, 0.2) is 0 Å². The smallest absolute Gasteiger partial charge is 0.338 e. The first-order valence-electron chi connectivity index (χ1n) is 20.8. The molecule has 3 aromatic rings. The first kappa shape index (κ1) is 38.3. The first-order valence-corrected chi connectivity index (χ1v) is 20.8. The van der Waals surface area contributed by atoms with Gasteiger partial charge in [0.1, 0.15) is 12.2 Å². The molecule has 0 amide bonds. The molecule has 4 aliphatic carbocycles. The molecular formula is C48H60O6. The molecule has 0 N–H and O–H groups in total. The van der Waals surface area contributed by atoms with Crippen molar-refractivity contribution in [3.05, 3.63) is 108 Å². The van der Waals surface area contributed by atoms with E-state index in [4.69, 9.17) is 14.2 Å². The predicted molar refractivity (Wildman–Crippen MR) is 211 cm³/mol. The minimum absolute atomic E-state index is 0.0155. The Bertz CT molecular complexity index is 1730. The first-order chi connectivity index (χ1) is 26.1. The molecule has 0 spiro atoms. The Morgan fingerprint density at radius 3 is 1.85 bits per heavy atom. The zero-order valence-electron chi connectivity index (χ0n) is 32.8. The number of fused-ring (bicyclic) bond motifs is 5. The molecule has 0 saturated heterocycles. The van der Waals surface area contributed by atoms with Crippen molar-refractivity contribution in [3.63, 3.8) is 0 Å². The normalized spacial score (nSPS) is 32.6. The highest BCUT2D eigenvalue weighted by atomic mass is 16.5. The summed E-state index contributed by atoms with van der Waals surface area (Å²) in [4.78, 5) is 39.1. The van der Waals surface area contributed by atoms with Crippen molar-refractivity contribution in [2.24, 2.45) is 52.3 Å². The van der Waals surface area contributed by atoms with Crippen LogP contribution < -0.4 is 0 Å². The summed E-state index contributed by atoms with van der Waals surface area (Å²) < 4.78 is 18.3. The topological polar surface area (TPSA) is 78.9 Å². The number of rotatable bonds is 12. The third kappa shape index (κ3) is 7.91. The van der Waals surface area contributed by atoms with Crippen LogP contribution in [0.1, 0.15) is 129 Å². The SMILES string of the molecule is CC(CCCC(C)C1C(OC(=O)c2ccccc2)CC2C3CCC4CC(OC(=O)c5ccccc5)CCC4(C)C3CCC21C)COC(=O)c1ccccc1. The van der Waals surface area contributed by atoms with Gasteiger partial charge in [0.25, 0.3) is 0 Å². The molecule has 6 heteroatoms. The molecule has 0 bridgehead atoms. The lowest BCUT2D eigenvalue weighted by Gasteiger charge is -2.61. The summed E-state index contributed by atoms with van der Waals surface area (Å²) in [7, 11) is 0.